The van der Waals surface area contributed by atoms with Gasteiger partial charge < -0.3 is 9.47 Å². The first-order chi connectivity index (χ1) is 5.38. The molecule has 0 bridgehead atoms. The maximum atomic E-state index is 5.27. The molecule has 0 unspecified atom stereocenters. The van der Waals surface area contributed by atoms with Crippen LogP contribution in [-0.4, -0.2) is 26.4 Å². The minimum absolute atomic E-state index is 0.221. The third kappa shape index (κ3) is 2.31. The number of ether oxygens (including phenoxy) is 2. The zero-order chi connectivity index (χ0) is 8.10. The highest BCUT2D eigenvalue weighted by Gasteiger charge is 2.20. The summed E-state index contributed by atoms with van der Waals surface area (Å²) < 4.78 is 10.5. The maximum absolute atomic E-state index is 5.27. The topological polar surface area (TPSA) is 18.5 Å². The van der Waals surface area contributed by atoms with Crippen LogP contribution in [0.2, 0.25) is 0 Å². The summed E-state index contributed by atoms with van der Waals surface area (Å²) >= 11 is 0. The van der Waals surface area contributed by atoms with Gasteiger partial charge in [-0.15, -0.1) is 6.58 Å². The summed E-state index contributed by atoms with van der Waals surface area (Å²) in [5.74, 6) is 0.617. The van der Waals surface area contributed by atoms with Crippen molar-refractivity contribution in [1.29, 1.82) is 0 Å². The molecule has 0 saturated carbocycles. The van der Waals surface area contributed by atoms with E-state index in [2.05, 4.69) is 6.58 Å². The molecule has 0 aromatic carbocycles. The van der Waals surface area contributed by atoms with Crippen LogP contribution in [0.15, 0.2) is 12.7 Å². The van der Waals surface area contributed by atoms with Crippen LogP contribution >= 0.6 is 0 Å². The normalized spacial score (nSPS) is 23.0. The molecule has 0 aromatic heterocycles. The first-order valence-corrected chi connectivity index (χ1v) is 4.11. The fourth-order valence-electron chi connectivity index (χ4n) is 1.53. The Hall–Kier alpha value is -0.340. The van der Waals surface area contributed by atoms with Crippen LogP contribution in [0.1, 0.15) is 12.8 Å². The summed E-state index contributed by atoms with van der Waals surface area (Å²) in [6, 6.07) is 0. The standard InChI is InChI=1S/C9H16O2/c1-3-9(10-2)8-4-6-11-7-5-8/h3,8-9H,1,4-7H2,2H3/t9-/m0/s1. The molecule has 1 aliphatic heterocycles. The van der Waals surface area contributed by atoms with Gasteiger partial charge in [0.15, 0.2) is 0 Å². The van der Waals surface area contributed by atoms with Crippen LogP contribution in [0, 0.1) is 5.92 Å². The molecular weight excluding hydrogens is 140 g/mol. The van der Waals surface area contributed by atoms with E-state index in [9.17, 15) is 0 Å². The van der Waals surface area contributed by atoms with E-state index in [1.165, 1.54) is 0 Å². The quantitative estimate of drug-likeness (QED) is 0.578. The van der Waals surface area contributed by atoms with Crippen molar-refractivity contribution in [3.63, 3.8) is 0 Å². The van der Waals surface area contributed by atoms with Crippen LogP contribution in [0.5, 0.6) is 0 Å². The molecule has 0 aromatic rings. The van der Waals surface area contributed by atoms with E-state index in [0.717, 1.165) is 26.1 Å². The zero-order valence-electron chi connectivity index (χ0n) is 7.08. The molecule has 0 amide bonds. The van der Waals surface area contributed by atoms with Crippen molar-refractivity contribution >= 4 is 0 Å². The first-order valence-electron chi connectivity index (χ1n) is 4.11. The van der Waals surface area contributed by atoms with Gasteiger partial charge in [-0.1, -0.05) is 6.08 Å². The predicted octanol–water partition coefficient (Wildman–Crippen LogP) is 1.61. The summed E-state index contributed by atoms with van der Waals surface area (Å²) in [5.41, 5.74) is 0. The first kappa shape index (κ1) is 8.75. The highest BCUT2D eigenvalue weighted by molar-refractivity contribution is 4.86. The van der Waals surface area contributed by atoms with E-state index in [1.54, 1.807) is 7.11 Å². The number of methoxy groups -OCH3 is 1. The minimum Gasteiger partial charge on any atom is -0.381 e. The van der Waals surface area contributed by atoms with Gasteiger partial charge in [0.2, 0.25) is 0 Å². The van der Waals surface area contributed by atoms with Crippen molar-refractivity contribution in [2.24, 2.45) is 5.92 Å². The Bertz CT molecular complexity index is 117. The van der Waals surface area contributed by atoms with Crippen LogP contribution in [0.25, 0.3) is 0 Å². The maximum Gasteiger partial charge on any atom is 0.0779 e. The van der Waals surface area contributed by atoms with Gasteiger partial charge in [-0.3, -0.25) is 0 Å². The van der Waals surface area contributed by atoms with Crippen molar-refractivity contribution in [2.45, 2.75) is 18.9 Å². The van der Waals surface area contributed by atoms with Gasteiger partial charge >= 0.3 is 0 Å². The lowest BCUT2D eigenvalue weighted by Gasteiger charge is -2.26. The molecule has 2 nitrogen and oxygen atoms in total. The van der Waals surface area contributed by atoms with Gasteiger partial charge in [-0.05, 0) is 18.8 Å². The number of hydrogen-bond acceptors (Lipinski definition) is 2. The second-order valence-corrected chi connectivity index (χ2v) is 2.89. The Balaban J connectivity index is 2.35. The van der Waals surface area contributed by atoms with Crippen LogP contribution < -0.4 is 0 Å². The Kier molecular flexibility index (Phi) is 3.60. The molecule has 0 spiro atoms. The predicted molar refractivity (Wildman–Crippen MR) is 44.5 cm³/mol. The fourth-order valence-corrected chi connectivity index (χ4v) is 1.53. The van der Waals surface area contributed by atoms with Gasteiger partial charge in [0, 0.05) is 20.3 Å². The largest absolute Gasteiger partial charge is 0.381 e. The molecule has 1 atom stereocenters. The second kappa shape index (κ2) is 4.52. The fraction of sp³-hybridized carbons (Fsp3) is 0.778. The Labute approximate surface area is 68.2 Å². The van der Waals surface area contributed by atoms with E-state index in [4.69, 9.17) is 9.47 Å². The third-order valence-electron chi connectivity index (χ3n) is 2.24. The summed E-state index contributed by atoms with van der Waals surface area (Å²) in [7, 11) is 1.74. The molecule has 1 aliphatic rings. The lowest BCUT2D eigenvalue weighted by Crippen LogP contribution is -2.27. The van der Waals surface area contributed by atoms with E-state index >= 15 is 0 Å². The SMILES string of the molecule is C=C[C@H](OC)C1CCOCC1. The summed E-state index contributed by atoms with van der Waals surface area (Å²) in [5, 5.41) is 0. The summed E-state index contributed by atoms with van der Waals surface area (Å²) in [6.45, 7) is 5.49. The molecule has 1 rings (SSSR count). The summed E-state index contributed by atoms with van der Waals surface area (Å²) in [4.78, 5) is 0. The third-order valence-corrected chi connectivity index (χ3v) is 2.24. The molecule has 2 heteroatoms. The number of rotatable bonds is 3. The van der Waals surface area contributed by atoms with Crippen molar-refractivity contribution in [3.05, 3.63) is 12.7 Å². The van der Waals surface area contributed by atoms with Gasteiger partial charge in [0.1, 0.15) is 0 Å². The lowest BCUT2D eigenvalue weighted by molar-refractivity contribution is 0.00732. The Morgan fingerprint density at radius 3 is 2.64 bits per heavy atom. The van der Waals surface area contributed by atoms with Crippen LogP contribution in [0.4, 0.5) is 0 Å². The van der Waals surface area contributed by atoms with Crippen molar-refractivity contribution in [2.75, 3.05) is 20.3 Å². The van der Waals surface area contributed by atoms with E-state index < -0.39 is 0 Å². The highest BCUT2D eigenvalue weighted by atomic mass is 16.5. The van der Waals surface area contributed by atoms with Crippen LogP contribution in [0.3, 0.4) is 0 Å². The van der Waals surface area contributed by atoms with E-state index in [0.29, 0.717) is 5.92 Å². The van der Waals surface area contributed by atoms with E-state index in [-0.39, 0.29) is 6.10 Å². The van der Waals surface area contributed by atoms with Gasteiger partial charge in [-0.2, -0.15) is 0 Å². The molecule has 1 heterocycles. The minimum atomic E-state index is 0.221. The molecule has 0 N–H and O–H groups in total. The van der Waals surface area contributed by atoms with Crippen molar-refractivity contribution in [1.82, 2.24) is 0 Å². The average molecular weight is 156 g/mol. The molecule has 11 heavy (non-hydrogen) atoms. The van der Waals surface area contributed by atoms with Gasteiger partial charge in [0.05, 0.1) is 6.10 Å². The summed E-state index contributed by atoms with van der Waals surface area (Å²) in [6.07, 6.45) is 4.31. The second-order valence-electron chi connectivity index (χ2n) is 2.89. The number of hydrogen-bond donors (Lipinski definition) is 0. The van der Waals surface area contributed by atoms with E-state index in [1.807, 2.05) is 6.08 Å². The van der Waals surface area contributed by atoms with Crippen LogP contribution in [-0.2, 0) is 9.47 Å². The Morgan fingerprint density at radius 1 is 1.55 bits per heavy atom. The molecular formula is C9H16O2. The zero-order valence-corrected chi connectivity index (χ0v) is 7.08. The molecule has 0 aliphatic carbocycles. The van der Waals surface area contributed by atoms with Crippen molar-refractivity contribution in [3.8, 4) is 0 Å². The lowest BCUT2D eigenvalue weighted by atomic mass is 9.94. The molecule has 1 fully saturated rings. The molecule has 1 saturated heterocycles. The van der Waals surface area contributed by atoms with Gasteiger partial charge in [-0.25, -0.2) is 0 Å². The highest BCUT2D eigenvalue weighted by Crippen LogP contribution is 2.20. The van der Waals surface area contributed by atoms with Crippen molar-refractivity contribution < 1.29 is 9.47 Å². The Morgan fingerprint density at radius 2 is 2.18 bits per heavy atom. The molecule has 0 radical (unpaired) electrons. The smallest absolute Gasteiger partial charge is 0.0779 e. The average Bonchev–Trinajstić information content (AvgIpc) is 2.09. The monoisotopic (exact) mass is 156 g/mol. The van der Waals surface area contributed by atoms with Gasteiger partial charge in [0.25, 0.3) is 0 Å². The molecule has 64 valence electrons.